The smallest absolute Gasteiger partial charge is 0.335 e. The van der Waals surface area contributed by atoms with Crippen LogP contribution >= 0.6 is 0 Å². The number of carboxylic acids is 1. The highest BCUT2D eigenvalue weighted by molar-refractivity contribution is 7.93. The van der Waals surface area contributed by atoms with Gasteiger partial charge in [-0.15, -0.1) is 0 Å². The molecule has 2 rings (SSSR count). The van der Waals surface area contributed by atoms with E-state index in [0.717, 1.165) is 0 Å². The first kappa shape index (κ1) is 16.6. The summed E-state index contributed by atoms with van der Waals surface area (Å²) in [5, 5.41) is 8.97. The second kappa shape index (κ2) is 6.57. The van der Waals surface area contributed by atoms with Gasteiger partial charge in [0.15, 0.2) is 4.90 Å². The maximum absolute atomic E-state index is 12.6. The van der Waals surface area contributed by atoms with Gasteiger partial charge in [-0.2, -0.15) is 0 Å². The third-order valence-electron chi connectivity index (χ3n) is 3.01. The quantitative estimate of drug-likeness (QED) is 0.838. The molecule has 2 aromatic carbocycles. The van der Waals surface area contributed by atoms with Gasteiger partial charge in [0.05, 0.1) is 19.8 Å². The van der Waals surface area contributed by atoms with E-state index in [9.17, 15) is 13.2 Å². The van der Waals surface area contributed by atoms with Crippen LogP contribution in [0.2, 0.25) is 0 Å². The molecule has 0 fully saturated rings. The zero-order valence-corrected chi connectivity index (χ0v) is 13.3. The average Bonchev–Trinajstić information content (AvgIpc) is 2.53. The van der Waals surface area contributed by atoms with Gasteiger partial charge in [0.1, 0.15) is 11.5 Å². The number of rotatable bonds is 6. The number of carboxylic acid groups (broad SMARTS) is 1. The van der Waals surface area contributed by atoms with Crippen molar-refractivity contribution in [1.29, 1.82) is 0 Å². The van der Waals surface area contributed by atoms with Crippen molar-refractivity contribution in [3.63, 3.8) is 0 Å². The van der Waals surface area contributed by atoms with Crippen LogP contribution in [0.25, 0.3) is 0 Å². The van der Waals surface area contributed by atoms with Crippen molar-refractivity contribution >= 4 is 21.7 Å². The second-order valence-electron chi connectivity index (χ2n) is 4.48. The Morgan fingerprint density at radius 2 is 1.61 bits per heavy atom. The predicted octanol–water partition coefficient (Wildman–Crippen LogP) is 2.20. The van der Waals surface area contributed by atoms with Crippen LogP contribution in [-0.2, 0) is 10.0 Å². The van der Waals surface area contributed by atoms with Crippen molar-refractivity contribution < 1.29 is 27.8 Å². The Morgan fingerprint density at radius 1 is 1.04 bits per heavy atom. The van der Waals surface area contributed by atoms with Crippen LogP contribution in [-0.4, -0.2) is 33.7 Å². The minimum absolute atomic E-state index is 0.0304. The molecular weight excluding hydrogens is 322 g/mol. The molecule has 0 aromatic heterocycles. The van der Waals surface area contributed by atoms with E-state index in [0.29, 0.717) is 0 Å². The first-order valence-electron chi connectivity index (χ1n) is 6.46. The van der Waals surface area contributed by atoms with E-state index >= 15 is 0 Å². The molecule has 0 aliphatic rings. The maximum atomic E-state index is 12.6. The highest BCUT2D eigenvalue weighted by Gasteiger charge is 2.25. The highest BCUT2D eigenvalue weighted by atomic mass is 32.2. The lowest BCUT2D eigenvalue weighted by Crippen LogP contribution is -2.15. The summed E-state index contributed by atoms with van der Waals surface area (Å²) < 4.78 is 37.7. The number of carbonyl (C=O) groups is 1. The SMILES string of the molecule is COc1cccc(OC)c1S(=O)(=O)Nc1cccc(C(=O)O)c1. The first-order chi connectivity index (χ1) is 10.9. The fourth-order valence-corrected chi connectivity index (χ4v) is 3.38. The van der Waals surface area contributed by atoms with Gasteiger partial charge in [0, 0.05) is 5.69 Å². The number of nitrogens with one attached hydrogen (secondary N) is 1. The topological polar surface area (TPSA) is 102 Å². The van der Waals surface area contributed by atoms with E-state index in [1.807, 2.05) is 0 Å². The number of hydrogen-bond donors (Lipinski definition) is 2. The van der Waals surface area contributed by atoms with E-state index in [4.69, 9.17) is 14.6 Å². The molecule has 0 aliphatic heterocycles. The molecule has 122 valence electrons. The maximum Gasteiger partial charge on any atom is 0.335 e. The summed E-state index contributed by atoms with van der Waals surface area (Å²) in [5.74, 6) is -0.918. The minimum atomic E-state index is -4.03. The fraction of sp³-hybridized carbons (Fsp3) is 0.133. The van der Waals surface area contributed by atoms with Crippen molar-refractivity contribution in [1.82, 2.24) is 0 Å². The van der Waals surface area contributed by atoms with Gasteiger partial charge < -0.3 is 14.6 Å². The van der Waals surface area contributed by atoms with Gasteiger partial charge in [-0.3, -0.25) is 4.72 Å². The van der Waals surface area contributed by atoms with E-state index < -0.39 is 16.0 Å². The summed E-state index contributed by atoms with van der Waals surface area (Å²) in [5.41, 5.74) is 0.0926. The lowest BCUT2D eigenvalue weighted by Gasteiger charge is -2.14. The molecule has 0 aliphatic carbocycles. The zero-order chi connectivity index (χ0) is 17.0. The van der Waals surface area contributed by atoms with Crippen LogP contribution in [0.1, 0.15) is 10.4 Å². The molecule has 0 heterocycles. The Morgan fingerprint density at radius 3 is 2.13 bits per heavy atom. The molecule has 0 bridgehead atoms. The van der Waals surface area contributed by atoms with E-state index in [2.05, 4.69) is 4.72 Å². The number of methoxy groups -OCH3 is 2. The number of aromatic carboxylic acids is 1. The molecule has 2 aromatic rings. The van der Waals surface area contributed by atoms with Gasteiger partial charge in [-0.1, -0.05) is 12.1 Å². The molecule has 0 saturated heterocycles. The molecule has 23 heavy (non-hydrogen) atoms. The lowest BCUT2D eigenvalue weighted by molar-refractivity contribution is 0.0697. The number of benzene rings is 2. The molecular formula is C15H15NO6S. The van der Waals surface area contributed by atoms with Crippen LogP contribution in [0.4, 0.5) is 5.69 Å². The predicted molar refractivity (Wildman–Crippen MR) is 83.8 cm³/mol. The Kier molecular flexibility index (Phi) is 4.75. The van der Waals surface area contributed by atoms with Gasteiger partial charge in [-0.25, -0.2) is 13.2 Å². The van der Waals surface area contributed by atoms with Crippen molar-refractivity contribution in [2.45, 2.75) is 4.90 Å². The minimum Gasteiger partial charge on any atom is -0.495 e. The third kappa shape index (κ3) is 3.54. The van der Waals surface area contributed by atoms with E-state index in [1.165, 1.54) is 50.6 Å². The number of anilines is 1. The summed E-state index contributed by atoms with van der Waals surface area (Å²) in [6.07, 6.45) is 0. The van der Waals surface area contributed by atoms with E-state index in [-0.39, 0.29) is 27.6 Å². The lowest BCUT2D eigenvalue weighted by atomic mass is 10.2. The monoisotopic (exact) mass is 337 g/mol. The van der Waals surface area contributed by atoms with Crippen molar-refractivity contribution in [2.75, 3.05) is 18.9 Å². The molecule has 0 radical (unpaired) electrons. The largest absolute Gasteiger partial charge is 0.495 e. The Hall–Kier alpha value is -2.74. The molecule has 0 saturated carbocycles. The number of ether oxygens (including phenoxy) is 2. The second-order valence-corrected chi connectivity index (χ2v) is 6.10. The summed E-state index contributed by atoms with van der Waals surface area (Å²) in [6, 6.07) is 10.1. The third-order valence-corrected chi connectivity index (χ3v) is 4.46. The molecule has 2 N–H and O–H groups in total. The van der Waals surface area contributed by atoms with Gasteiger partial charge in [0.2, 0.25) is 0 Å². The normalized spacial score (nSPS) is 10.9. The zero-order valence-electron chi connectivity index (χ0n) is 12.4. The standard InChI is InChI=1S/C15H15NO6S/c1-21-12-7-4-8-13(22-2)14(12)23(19,20)16-11-6-3-5-10(9-11)15(17)18/h3-9,16H,1-2H3,(H,17,18). The Labute approximate surface area is 133 Å². The summed E-state index contributed by atoms with van der Waals surface area (Å²) >= 11 is 0. The average molecular weight is 337 g/mol. The van der Waals surface area contributed by atoms with Gasteiger partial charge in [-0.05, 0) is 30.3 Å². The van der Waals surface area contributed by atoms with Crippen molar-refractivity contribution in [2.24, 2.45) is 0 Å². The van der Waals surface area contributed by atoms with Crippen LogP contribution in [0, 0.1) is 0 Å². The van der Waals surface area contributed by atoms with Crippen LogP contribution < -0.4 is 14.2 Å². The number of hydrogen-bond acceptors (Lipinski definition) is 5. The van der Waals surface area contributed by atoms with Crippen molar-refractivity contribution in [3.05, 3.63) is 48.0 Å². The highest BCUT2D eigenvalue weighted by Crippen LogP contribution is 2.34. The molecule has 0 amide bonds. The van der Waals surface area contributed by atoms with Gasteiger partial charge in [0.25, 0.3) is 10.0 Å². The number of sulfonamides is 1. The Balaban J connectivity index is 2.48. The van der Waals surface area contributed by atoms with Crippen molar-refractivity contribution in [3.8, 4) is 11.5 Å². The van der Waals surface area contributed by atoms with E-state index in [1.54, 1.807) is 6.07 Å². The summed E-state index contributed by atoms with van der Waals surface area (Å²) in [6.45, 7) is 0. The molecule has 0 spiro atoms. The summed E-state index contributed by atoms with van der Waals surface area (Å²) in [4.78, 5) is 10.8. The molecule has 0 unspecified atom stereocenters. The molecule has 7 nitrogen and oxygen atoms in total. The Bertz CT molecular complexity index is 809. The summed E-state index contributed by atoms with van der Waals surface area (Å²) in [7, 11) is -1.34. The van der Waals surface area contributed by atoms with Crippen LogP contribution in [0.15, 0.2) is 47.4 Å². The first-order valence-corrected chi connectivity index (χ1v) is 7.94. The van der Waals surface area contributed by atoms with Crippen LogP contribution in [0.3, 0.4) is 0 Å². The van der Waals surface area contributed by atoms with Crippen LogP contribution in [0.5, 0.6) is 11.5 Å². The van der Waals surface area contributed by atoms with Gasteiger partial charge >= 0.3 is 5.97 Å². The molecule has 0 atom stereocenters. The molecule has 8 heteroatoms. The fourth-order valence-electron chi connectivity index (χ4n) is 2.00.